The number of thiophene rings is 1. The SMILES string of the molecule is CC#COC(=O)c1sc2ccccc2c1Cl. The molecule has 1 aromatic carbocycles. The molecule has 0 saturated carbocycles. The number of benzene rings is 1. The first kappa shape index (κ1) is 11.0. The fraction of sp³-hybridized carbons (Fsp3) is 0.0833. The second kappa shape index (κ2) is 4.56. The van der Waals surface area contributed by atoms with E-state index >= 15 is 0 Å². The van der Waals surface area contributed by atoms with E-state index in [1.165, 1.54) is 11.3 Å². The summed E-state index contributed by atoms with van der Waals surface area (Å²) >= 11 is 7.40. The standard InChI is InChI=1S/C12H7ClO2S/c1-2-7-15-12(14)11-10(13)8-5-3-4-6-9(8)16-11/h3-6H,1H3. The molecule has 1 heterocycles. The van der Waals surface area contributed by atoms with E-state index in [1.54, 1.807) is 6.92 Å². The van der Waals surface area contributed by atoms with Crippen molar-refractivity contribution in [2.24, 2.45) is 0 Å². The maximum Gasteiger partial charge on any atom is 0.363 e. The third-order valence-electron chi connectivity index (χ3n) is 1.97. The molecule has 0 amide bonds. The molecule has 16 heavy (non-hydrogen) atoms. The average Bonchev–Trinajstić information content (AvgIpc) is 2.64. The van der Waals surface area contributed by atoms with Gasteiger partial charge in [0.05, 0.1) is 5.02 Å². The van der Waals surface area contributed by atoms with Gasteiger partial charge >= 0.3 is 5.97 Å². The van der Waals surface area contributed by atoms with Crippen LogP contribution < -0.4 is 0 Å². The van der Waals surface area contributed by atoms with Crippen molar-refractivity contribution in [3.8, 4) is 12.0 Å². The Bertz CT molecular complexity index is 604. The highest BCUT2D eigenvalue weighted by Crippen LogP contribution is 2.35. The fourth-order valence-electron chi connectivity index (χ4n) is 1.29. The van der Waals surface area contributed by atoms with Crippen LogP contribution in [0, 0.1) is 12.0 Å². The molecule has 1 aromatic heterocycles. The van der Waals surface area contributed by atoms with Gasteiger partial charge < -0.3 is 4.74 Å². The predicted octanol–water partition coefficient (Wildman–Crippen LogP) is 3.69. The van der Waals surface area contributed by atoms with Gasteiger partial charge in [-0.1, -0.05) is 35.7 Å². The van der Waals surface area contributed by atoms with Gasteiger partial charge in [0, 0.05) is 17.0 Å². The third kappa shape index (κ3) is 1.90. The second-order valence-corrected chi connectivity index (χ2v) is 4.41. The van der Waals surface area contributed by atoms with Crippen molar-refractivity contribution in [1.82, 2.24) is 0 Å². The Labute approximate surface area is 102 Å². The van der Waals surface area contributed by atoms with Crippen LogP contribution in [0.25, 0.3) is 10.1 Å². The summed E-state index contributed by atoms with van der Waals surface area (Å²) in [6.07, 6.45) is 2.27. The molecule has 0 aliphatic carbocycles. The van der Waals surface area contributed by atoms with E-state index in [1.807, 2.05) is 24.3 Å². The summed E-state index contributed by atoms with van der Waals surface area (Å²) in [7, 11) is 0. The zero-order valence-electron chi connectivity index (χ0n) is 8.41. The zero-order chi connectivity index (χ0) is 11.5. The van der Waals surface area contributed by atoms with Gasteiger partial charge in [-0.05, 0) is 6.07 Å². The quantitative estimate of drug-likeness (QED) is 0.570. The predicted molar refractivity (Wildman–Crippen MR) is 65.7 cm³/mol. The molecule has 2 rings (SSSR count). The van der Waals surface area contributed by atoms with Gasteiger partial charge in [0.1, 0.15) is 11.0 Å². The van der Waals surface area contributed by atoms with E-state index in [0.29, 0.717) is 9.90 Å². The Kier molecular flexibility index (Phi) is 3.14. The molecule has 4 heteroatoms. The topological polar surface area (TPSA) is 26.3 Å². The molecule has 0 fully saturated rings. The van der Waals surface area contributed by atoms with E-state index in [0.717, 1.165) is 10.1 Å². The number of carbonyl (C=O) groups is 1. The molecule has 0 spiro atoms. The summed E-state index contributed by atoms with van der Waals surface area (Å²) in [6.45, 7) is 1.60. The number of rotatable bonds is 1. The minimum Gasteiger partial charge on any atom is -0.368 e. The van der Waals surface area contributed by atoms with Crippen LogP contribution in [0.2, 0.25) is 5.02 Å². The molecular formula is C12H7ClO2S. The second-order valence-electron chi connectivity index (χ2n) is 2.98. The Morgan fingerprint density at radius 2 is 2.19 bits per heavy atom. The number of ether oxygens (including phenoxy) is 1. The van der Waals surface area contributed by atoms with Crippen LogP contribution in [-0.4, -0.2) is 5.97 Å². The van der Waals surface area contributed by atoms with Crippen LogP contribution >= 0.6 is 22.9 Å². The molecule has 0 atom stereocenters. The summed E-state index contributed by atoms with van der Waals surface area (Å²) in [5.74, 6) is 1.99. The van der Waals surface area contributed by atoms with Crippen molar-refractivity contribution in [2.45, 2.75) is 6.92 Å². The van der Waals surface area contributed by atoms with Crippen LogP contribution in [0.5, 0.6) is 0 Å². The van der Waals surface area contributed by atoms with Crippen LogP contribution in [0.15, 0.2) is 24.3 Å². The maximum atomic E-state index is 11.6. The highest BCUT2D eigenvalue weighted by atomic mass is 35.5. The highest BCUT2D eigenvalue weighted by Gasteiger charge is 2.17. The molecule has 2 aromatic rings. The lowest BCUT2D eigenvalue weighted by Crippen LogP contribution is -1.97. The van der Waals surface area contributed by atoms with Crippen molar-refractivity contribution >= 4 is 39.0 Å². The Hall–Kier alpha value is -1.50. The van der Waals surface area contributed by atoms with E-state index in [2.05, 4.69) is 12.0 Å². The van der Waals surface area contributed by atoms with Gasteiger partial charge in [-0.25, -0.2) is 4.79 Å². The average molecular weight is 251 g/mol. The number of halogens is 1. The van der Waals surface area contributed by atoms with Crippen molar-refractivity contribution in [2.75, 3.05) is 0 Å². The van der Waals surface area contributed by atoms with Gasteiger partial charge in [0.25, 0.3) is 0 Å². The first-order chi connectivity index (χ1) is 7.74. The van der Waals surface area contributed by atoms with Gasteiger partial charge in [0.2, 0.25) is 0 Å². The Balaban J connectivity index is 2.48. The molecular weight excluding hydrogens is 244 g/mol. The van der Waals surface area contributed by atoms with E-state index in [9.17, 15) is 4.79 Å². The van der Waals surface area contributed by atoms with E-state index in [4.69, 9.17) is 16.3 Å². The molecule has 0 aliphatic heterocycles. The Morgan fingerprint density at radius 3 is 2.88 bits per heavy atom. The fourth-order valence-corrected chi connectivity index (χ4v) is 2.67. The van der Waals surface area contributed by atoms with Crippen molar-refractivity contribution in [3.05, 3.63) is 34.2 Å². The molecule has 80 valence electrons. The minimum atomic E-state index is -0.499. The highest BCUT2D eigenvalue weighted by molar-refractivity contribution is 7.21. The smallest absolute Gasteiger partial charge is 0.363 e. The van der Waals surface area contributed by atoms with Crippen LogP contribution in [0.3, 0.4) is 0 Å². The minimum absolute atomic E-state index is 0.394. The van der Waals surface area contributed by atoms with Crippen molar-refractivity contribution in [3.63, 3.8) is 0 Å². The molecule has 0 radical (unpaired) electrons. The lowest BCUT2D eigenvalue weighted by molar-refractivity contribution is 0.0696. The van der Waals surface area contributed by atoms with Gasteiger partial charge in [-0.2, -0.15) is 0 Å². The molecule has 0 aliphatic rings. The number of esters is 1. The van der Waals surface area contributed by atoms with Gasteiger partial charge in [-0.15, -0.1) is 11.3 Å². The van der Waals surface area contributed by atoms with E-state index in [-0.39, 0.29) is 0 Å². The first-order valence-corrected chi connectivity index (χ1v) is 5.73. The van der Waals surface area contributed by atoms with Crippen LogP contribution in [0.4, 0.5) is 0 Å². The summed E-state index contributed by atoms with van der Waals surface area (Å²) in [6, 6.07) is 7.56. The monoisotopic (exact) mass is 250 g/mol. The summed E-state index contributed by atoms with van der Waals surface area (Å²) in [4.78, 5) is 12.0. The number of carbonyl (C=O) groups excluding carboxylic acids is 1. The van der Waals surface area contributed by atoms with Crippen LogP contribution in [-0.2, 0) is 4.74 Å². The molecule has 0 bridgehead atoms. The van der Waals surface area contributed by atoms with E-state index < -0.39 is 5.97 Å². The van der Waals surface area contributed by atoms with Crippen LogP contribution in [0.1, 0.15) is 16.6 Å². The molecule has 0 N–H and O–H groups in total. The number of hydrogen-bond acceptors (Lipinski definition) is 3. The summed E-state index contributed by atoms with van der Waals surface area (Å²) in [5, 5.41) is 1.30. The Morgan fingerprint density at radius 1 is 1.44 bits per heavy atom. The molecule has 0 saturated heterocycles. The number of fused-ring (bicyclic) bond motifs is 1. The summed E-state index contributed by atoms with van der Waals surface area (Å²) in [5.41, 5.74) is 0. The van der Waals surface area contributed by atoms with Gasteiger partial charge in [0.15, 0.2) is 0 Å². The largest absolute Gasteiger partial charge is 0.368 e. The lowest BCUT2D eigenvalue weighted by atomic mass is 10.2. The lowest BCUT2D eigenvalue weighted by Gasteiger charge is -1.92. The van der Waals surface area contributed by atoms with Crippen molar-refractivity contribution in [1.29, 1.82) is 0 Å². The van der Waals surface area contributed by atoms with Crippen molar-refractivity contribution < 1.29 is 9.53 Å². The maximum absolute atomic E-state index is 11.6. The number of hydrogen-bond donors (Lipinski definition) is 0. The molecule has 0 unspecified atom stereocenters. The zero-order valence-corrected chi connectivity index (χ0v) is 9.98. The normalized spacial score (nSPS) is 9.62. The first-order valence-electron chi connectivity index (χ1n) is 4.54. The molecule has 2 nitrogen and oxygen atoms in total. The third-order valence-corrected chi connectivity index (χ3v) is 3.62. The van der Waals surface area contributed by atoms with Gasteiger partial charge in [-0.3, -0.25) is 0 Å². The summed E-state index contributed by atoms with van der Waals surface area (Å²) < 4.78 is 5.68.